The lowest BCUT2D eigenvalue weighted by atomic mass is 9.90. The second-order valence-corrected chi connectivity index (χ2v) is 7.47. The third-order valence-electron chi connectivity index (χ3n) is 4.25. The second kappa shape index (κ2) is 5.88. The molecule has 1 amide bonds. The number of hydrogen-bond donors (Lipinski definition) is 0. The monoisotopic (exact) mass is 318 g/mol. The van der Waals surface area contributed by atoms with Crippen LogP contribution in [0.4, 0.5) is 0 Å². The molecular weight excluding hydrogens is 296 g/mol. The topological polar surface area (TPSA) is 46.3 Å². The molecule has 0 N–H and O–H groups in total. The lowest BCUT2D eigenvalue weighted by Crippen LogP contribution is -2.32. The Morgan fingerprint density at radius 3 is 2.91 bits per heavy atom. The normalized spacial score (nSPS) is 17.4. The molecule has 5 heteroatoms. The van der Waals surface area contributed by atoms with E-state index in [0.29, 0.717) is 18.2 Å². The minimum absolute atomic E-state index is 0.0373. The zero-order chi connectivity index (χ0) is 15.9. The predicted molar refractivity (Wildman–Crippen MR) is 87.7 cm³/mol. The maximum Gasteiger partial charge on any atom is 0.289 e. The van der Waals surface area contributed by atoms with Crippen LogP contribution in [0.15, 0.2) is 10.5 Å². The lowest BCUT2D eigenvalue weighted by Gasteiger charge is -2.26. The molecule has 0 fully saturated rings. The second-order valence-electron chi connectivity index (χ2n) is 6.19. The summed E-state index contributed by atoms with van der Waals surface area (Å²) in [6, 6.07) is 1.91. The van der Waals surface area contributed by atoms with Crippen LogP contribution >= 0.6 is 11.3 Å². The summed E-state index contributed by atoms with van der Waals surface area (Å²) in [5, 5.41) is 1.13. The molecule has 22 heavy (non-hydrogen) atoms. The van der Waals surface area contributed by atoms with Crippen molar-refractivity contribution < 1.29 is 9.21 Å². The number of carbonyl (C=O) groups excluding carboxylic acids is 1. The van der Waals surface area contributed by atoms with Crippen LogP contribution in [0.2, 0.25) is 0 Å². The first-order valence-corrected chi connectivity index (χ1v) is 8.56. The van der Waals surface area contributed by atoms with Crippen molar-refractivity contribution in [3.8, 4) is 0 Å². The average Bonchev–Trinajstić information content (AvgIpc) is 3.00. The van der Waals surface area contributed by atoms with E-state index in [1.807, 2.05) is 27.0 Å². The van der Waals surface area contributed by atoms with Crippen LogP contribution < -0.4 is 0 Å². The molecule has 0 saturated carbocycles. The first kappa shape index (κ1) is 15.3. The van der Waals surface area contributed by atoms with Crippen LogP contribution in [-0.4, -0.2) is 29.4 Å². The maximum atomic E-state index is 12.6. The van der Waals surface area contributed by atoms with E-state index in [4.69, 9.17) is 9.40 Å². The molecule has 4 nitrogen and oxygen atoms in total. The van der Waals surface area contributed by atoms with Crippen LogP contribution in [0, 0.1) is 20.8 Å². The molecule has 0 radical (unpaired) electrons. The predicted octanol–water partition coefficient (Wildman–Crippen LogP) is 3.85. The largest absolute Gasteiger partial charge is 0.456 e. The molecular formula is C17H22N2O2S. The Morgan fingerprint density at radius 1 is 1.45 bits per heavy atom. The van der Waals surface area contributed by atoms with Gasteiger partial charge in [-0.1, -0.05) is 0 Å². The van der Waals surface area contributed by atoms with Crippen LogP contribution in [0.5, 0.6) is 0 Å². The Bertz CT molecular complexity index is 702. The molecule has 118 valence electrons. The summed E-state index contributed by atoms with van der Waals surface area (Å²) in [4.78, 5) is 20.5. The number of thiazole rings is 1. The van der Waals surface area contributed by atoms with Gasteiger partial charge >= 0.3 is 0 Å². The smallest absolute Gasteiger partial charge is 0.289 e. The fourth-order valence-electron chi connectivity index (χ4n) is 3.25. The van der Waals surface area contributed by atoms with Gasteiger partial charge in [-0.2, -0.15) is 0 Å². The molecule has 3 rings (SSSR count). The molecule has 0 aromatic carbocycles. The number of nitrogens with zero attached hydrogens (tertiary/aromatic N) is 2. The standard InChI is InChI=1S/C17H22N2O2S/c1-10-8-11(2)21-16(10)17(20)19(4)9-13-6-5-7-14-15(13)18-12(3)22-14/h8,13H,5-7,9H2,1-4H3. The number of hydrogen-bond acceptors (Lipinski definition) is 4. The SMILES string of the molecule is Cc1cc(C)c(C(=O)N(C)CC2CCCc3sc(C)nc32)o1. The Labute approximate surface area is 135 Å². The summed E-state index contributed by atoms with van der Waals surface area (Å²) in [5.41, 5.74) is 2.11. The zero-order valence-electron chi connectivity index (χ0n) is 13.6. The lowest BCUT2D eigenvalue weighted by molar-refractivity contribution is 0.0749. The summed E-state index contributed by atoms with van der Waals surface area (Å²) in [7, 11) is 1.85. The Balaban J connectivity index is 1.76. The molecule has 2 aromatic rings. The van der Waals surface area contributed by atoms with Crippen molar-refractivity contribution in [2.24, 2.45) is 0 Å². The molecule has 0 bridgehead atoms. The Kier molecular flexibility index (Phi) is 4.08. The van der Waals surface area contributed by atoms with Gasteiger partial charge in [0.05, 0.1) is 10.7 Å². The van der Waals surface area contributed by atoms with E-state index in [1.165, 1.54) is 17.0 Å². The van der Waals surface area contributed by atoms with Crippen molar-refractivity contribution in [3.63, 3.8) is 0 Å². The van der Waals surface area contributed by atoms with Gasteiger partial charge in [0.2, 0.25) is 0 Å². The number of rotatable bonds is 3. The number of aryl methyl sites for hydroxylation is 4. The number of amides is 1. The van der Waals surface area contributed by atoms with Gasteiger partial charge in [0.15, 0.2) is 5.76 Å². The van der Waals surface area contributed by atoms with Crippen molar-refractivity contribution in [1.29, 1.82) is 0 Å². The van der Waals surface area contributed by atoms with Gasteiger partial charge in [-0.05, 0) is 46.1 Å². The van der Waals surface area contributed by atoms with E-state index in [0.717, 1.165) is 29.2 Å². The highest BCUT2D eigenvalue weighted by molar-refractivity contribution is 7.11. The van der Waals surface area contributed by atoms with Crippen molar-refractivity contribution in [3.05, 3.63) is 38.7 Å². The first-order chi connectivity index (χ1) is 10.5. The highest BCUT2D eigenvalue weighted by Gasteiger charge is 2.28. The number of fused-ring (bicyclic) bond motifs is 1. The Hall–Kier alpha value is -1.62. The van der Waals surface area contributed by atoms with Crippen LogP contribution in [0.3, 0.4) is 0 Å². The molecule has 2 aromatic heterocycles. The van der Waals surface area contributed by atoms with Crippen molar-refractivity contribution in [2.45, 2.75) is 46.0 Å². The molecule has 0 aliphatic heterocycles. The molecule has 0 spiro atoms. The molecule has 1 aliphatic rings. The van der Waals surface area contributed by atoms with E-state index in [-0.39, 0.29) is 5.91 Å². The van der Waals surface area contributed by atoms with E-state index < -0.39 is 0 Å². The third-order valence-corrected chi connectivity index (χ3v) is 5.30. The quantitative estimate of drug-likeness (QED) is 0.863. The summed E-state index contributed by atoms with van der Waals surface area (Å²) >= 11 is 1.80. The summed E-state index contributed by atoms with van der Waals surface area (Å²) in [6.07, 6.45) is 3.41. The van der Waals surface area contributed by atoms with Gasteiger partial charge in [0, 0.05) is 30.0 Å². The van der Waals surface area contributed by atoms with Crippen molar-refractivity contribution in [2.75, 3.05) is 13.6 Å². The summed E-state index contributed by atoms with van der Waals surface area (Å²) < 4.78 is 5.56. The van der Waals surface area contributed by atoms with Gasteiger partial charge in [0.25, 0.3) is 5.91 Å². The average molecular weight is 318 g/mol. The highest BCUT2D eigenvalue weighted by atomic mass is 32.1. The van der Waals surface area contributed by atoms with E-state index in [9.17, 15) is 4.79 Å². The van der Waals surface area contributed by atoms with Gasteiger partial charge in [-0.25, -0.2) is 4.98 Å². The Morgan fingerprint density at radius 2 is 2.23 bits per heavy atom. The summed E-state index contributed by atoms with van der Waals surface area (Å²) in [5.74, 6) is 1.55. The molecule has 0 saturated heterocycles. The van der Waals surface area contributed by atoms with Crippen LogP contribution in [0.1, 0.15) is 56.2 Å². The molecule has 2 heterocycles. The van der Waals surface area contributed by atoms with E-state index in [1.54, 1.807) is 16.2 Å². The van der Waals surface area contributed by atoms with Gasteiger partial charge in [-0.15, -0.1) is 11.3 Å². The minimum Gasteiger partial charge on any atom is -0.456 e. The third kappa shape index (κ3) is 2.82. The number of furan rings is 1. The van der Waals surface area contributed by atoms with Gasteiger partial charge in [-0.3, -0.25) is 4.79 Å². The first-order valence-electron chi connectivity index (χ1n) is 7.74. The van der Waals surface area contributed by atoms with Crippen molar-refractivity contribution in [1.82, 2.24) is 9.88 Å². The minimum atomic E-state index is -0.0373. The zero-order valence-corrected chi connectivity index (χ0v) is 14.4. The molecule has 1 atom stereocenters. The fraction of sp³-hybridized carbons (Fsp3) is 0.529. The molecule has 1 unspecified atom stereocenters. The highest BCUT2D eigenvalue weighted by Crippen LogP contribution is 2.35. The van der Waals surface area contributed by atoms with Crippen LogP contribution in [-0.2, 0) is 6.42 Å². The molecule has 1 aliphatic carbocycles. The number of aromatic nitrogens is 1. The summed E-state index contributed by atoms with van der Waals surface area (Å²) in [6.45, 7) is 6.55. The fourth-order valence-corrected chi connectivity index (χ4v) is 4.31. The van der Waals surface area contributed by atoms with Gasteiger partial charge in [0.1, 0.15) is 5.76 Å². The van der Waals surface area contributed by atoms with Crippen molar-refractivity contribution >= 4 is 17.2 Å². The van der Waals surface area contributed by atoms with E-state index in [2.05, 4.69) is 6.92 Å². The number of likely N-dealkylation sites (N-methyl/N-ethyl adjacent to an activating group) is 1. The van der Waals surface area contributed by atoms with Gasteiger partial charge < -0.3 is 9.32 Å². The maximum absolute atomic E-state index is 12.6. The van der Waals surface area contributed by atoms with Crippen LogP contribution in [0.25, 0.3) is 0 Å². The van der Waals surface area contributed by atoms with E-state index >= 15 is 0 Å². The number of carbonyl (C=O) groups is 1.